The zero-order valence-electron chi connectivity index (χ0n) is 7.47. The zero-order valence-corrected chi connectivity index (χ0v) is 7.47. The minimum Gasteiger partial charge on any atom is -0.394 e. The number of anilines is 1. The Hall–Kier alpha value is -1.09. The first kappa shape index (κ1) is 8.51. The van der Waals surface area contributed by atoms with E-state index in [2.05, 4.69) is 5.32 Å². The van der Waals surface area contributed by atoms with Gasteiger partial charge in [0.25, 0.3) is 0 Å². The predicted octanol–water partition coefficient (Wildman–Crippen LogP) is 1.54. The van der Waals surface area contributed by atoms with E-state index in [1.54, 1.807) is 6.07 Å². The van der Waals surface area contributed by atoms with Crippen LogP contribution < -0.4 is 5.32 Å². The largest absolute Gasteiger partial charge is 0.394 e. The molecule has 1 aliphatic heterocycles. The highest BCUT2D eigenvalue weighted by Crippen LogP contribution is 2.33. The molecule has 1 aromatic rings. The molecule has 1 aromatic carbocycles. The Labute approximate surface area is 76.4 Å². The summed E-state index contributed by atoms with van der Waals surface area (Å²) in [5, 5.41) is 12.2. The lowest BCUT2D eigenvalue weighted by Gasteiger charge is -2.21. The standard InChI is InChI=1S/C10H12FNO/c1-10(6-13)5-7-8(11)3-2-4-9(7)12-10/h2-4,12-13H,5-6H2,1H3. The van der Waals surface area contributed by atoms with Crippen LogP contribution in [0.15, 0.2) is 18.2 Å². The number of benzene rings is 1. The molecule has 0 spiro atoms. The van der Waals surface area contributed by atoms with Gasteiger partial charge in [0, 0.05) is 17.7 Å². The molecule has 0 radical (unpaired) electrons. The van der Waals surface area contributed by atoms with E-state index < -0.39 is 5.54 Å². The quantitative estimate of drug-likeness (QED) is 0.688. The predicted molar refractivity (Wildman–Crippen MR) is 49.2 cm³/mol. The Bertz CT molecular complexity index is 340. The molecule has 2 N–H and O–H groups in total. The topological polar surface area (TPSA) is 32.3 Å². The Morgan fingerprint density at radius 2 is 2.38 bits per heavy atom. The van der Waals surface area contributed by atoms with E-state index in [9.17, 15) is 4.39 Å². The second kappa shape index (κ2) is 2.70. The molecule has 1 aliphatic rings. The molecule has 1 unspecified atom stereocenters. The summed E-state index contributed by atoms with van der Waals surface area (Å²) in [5.41, 5.74) is 1.08. The normalized spacial score (nSPS) is 25.5. The van der Waals surface area contributed by atoms with E-state index in [4.69, 9.17) is 5.11 Å². The zero-order chi connectivity index (χ0) is 9.47. The number of aliphatic hydroxyl groups excluding tert-OH is 1. The maximum atomic E-state index is 13.2. The lowest BCUT2D eigenvalue weighted by Crippen LogP contribution is -2.36. The number of nitrogens with one attached hydrogen (secondary N) is 1. The van der Waals surface area contributed by atoms with Crippen molar-refractivity contribution in [3.8, 4) is 0 Å². The van der Waals surface area contributed by atoms with Crippen molar-refractivity contribution in [2.75, 3.05) is 11.9 Å². The van der Waals surface area contributed by atoms with Gasteiger partial charge in [0.05, 0.1) is 12.1 Å². The fourth-order valence-corrected chi connectivity index (χ4v) is 1.71. The molecular formula is C10H12FNO. The van der Waals surface area contributed by atoms with Gasteiger partial charge in [0.15, 0.2) is 0 Å². The highest BCUT2D eigenvalue weighted by Gasteiger charge is 2.32. The van der Waals surface area contributed by atoms with Crippen molar-refractivity contribution < 1.29 is 9.50 Å². The smallest absolute Gasteiger partial charge is 0.128 e. The fraction of sp³-hybridized carbons (Fsp3) is 0.400. The fourth-order valence-electron chi connectivity index (χ4n) is 1.71. The summed E-state index contributed by atoms with van der Waals surface area (Å²) >= 11 is 0. The SMILES string of the molecule is CC1(CO)Cc2c(F)cccc2N1. The molecule has 0 amide bonds. The molecule has 70 valence electrons. The van der Waals surface area contributed by atoms with Gasteiger partial charge in [0.2, 0.25) is 0 Å². The summed E-state index contributed by atoms with van der Waals surface area (Å²) in [7, 11) is 0. The van der Waals surface area contributed by atoms with Gasteiger partial charge < -0.3 is 10.4 Å². The van der Waals surface area contributed by atoms with Crippen LogP contribution in [0, 0.1) is 5.82 Å². The van der Waals surface area contributed by atoms with Crippen molar-refractivity contribution in [3.05, 3.63) is 29.6 Å². The minimum absolute atomic E-state index is 0.0150. The molecule has 0 aliphatic carbocycles. The Morgan fingerprint density at radius 1 is 1.62 bits per heavy atom. The van der Waals surface area contributed by atoms with Gasteiger partial charge in [-0.25, -0.2) is 4.39 Å². The number of hydrogen-bond donors (Lipinski definition) is 2. The van der Waals surface area contributed by atoms with Crippen molar-refractivity contribution in [2.45, 2.75) is 18.9 Å². The summed E-state index contributed by atoms with van der Waals surface area (Å²) in [6, 6.07) is 4.95. The molecule has 0 aromatic heterocycles. The van der Waals surface area contributed by atoms with Crippen LogP contribution in [0.3, 0.4) is 0 Å². The highest BCUT2D eigenvalue weighted by molar-refractivity contribution is 5.59. The third-order valence-corrected chi connectivity index (χ3v) is 2.47. The number of hydrogen-bond acceptors (Lipinski definition) is 2. The summed E-state index contributed by atoms with van der Waals surface area (Å²) in [6.45, 7) is 1.90. The van der Waals surface area contributed by atoms with Crippen LogP contribution >= 0.6 is 0 Å². The van der Waals surface area contributed by atoms with Crippen molar-refractivity contribution in [3.63, 3.8) is 0 Å². The molecule has 1 atom stereocenters. The number of aliphatic hydroxyl groups is 1. The third-order valence-electron chi connectivity index (χ3n) is 2.47. The van der Waals surface area contributed by atoms with Crippen molar-refractivity contribution in [2.24, 2.45) is 0 Å². The highest BCUT2D eigenvalue weighted by atomic mass is 19.1. The second-order valence-corrected chi connectivity index (χ2v) is 3.79. The van der Waals surface area contributed by atoms with Gasteiger partial charge in [-0.15, -0.1) is 0 Å². The van der Waals surface area contributed by atoms with Crippen molar-refractivity contribution in [1.82, 2.24) is 0 Å². The van der Waals surface area contributed by atoms with Crippen LogP contribution in [0.5, 0.6) is 0 Å². The third kappa shape index (κ3) is 1.29. The van der Waals surface area contributed by atoms with Crippen molar-refractivity contribution >= 4 is 5.69 Å². The van der Waals surface area contributed by atoms with Gasteiger partial charge in [0.1, 0.15) is 5.82 Å². The van der Waals surface area contributed by atoms with E-state index in [0.29, 0.717) is 12.0 Å². The average molecular weight is 181 g/mol. The monoisotopic (exact) mass is 181 g/mol. The van der Waals surface area contributed by atoms with Crippen LogP contribution in [-0.2, 0) is 6.42 Å². The van der Waals surface area contributed by atoms with E-state index in [1.807, 2.05) is 13.0 Å². The van der Waals surface area contributed by atoms with Crippen LogP contribution in [-0.4, -0.2) is 17.3 Å². The average Bonchev–Trinajstić information content (AvgIpc) is 2.45. The molecule has 1 heterocycles. The summed E-state index contributed by atoms with van der Waals surface area (Å²) in [4.78, 5) is 0. The first-order valence-corrected chi connectivity index (χ1v) is 4.31. The molecule has 0 saturated carbocycles. The van der Waals surface area contributed by atoms with E-state index in [0.717, 1.165) is 5.69 Å². The van der Waals surface area contributed by atoms with Gasteiger partial charge in [-0.3, -0.25) is 0 Å². The number of rotatable bonds is 1. The molecule has 13 heavy (non-hydrogen) atoms. The lowest BCUT2D eigenvalue weighted by molar-refractivity contribution is 0.226. The summed E-state index contributed by atoms with van der Waals surface area (Å²) in [6.07, 6.45) is 0.547. The maximum Gasteiger partial charge on any atom is 0.128 e. The first-order valence-electron chi connectivity index (χ1n) is 4.31. The minimum atomic E-state index is -0.398. The van der Waals surface area contributed by atoms with E-state index in [-0.39, 0.29) is 12.4 Å². The molecule has 0 saturated heterocycles. The van der Waals surface area contributed by atoms with Gasteiger partial charge in [-0.1, -0.05) is 6.07 Å². The molecular weight excluding hydrogens is 169 g/mol. The van der Waals surface area contributed by atoms with Crippen molar-refractivity contribution in [1.29, 1.82) is 0 Å². The van der Waals surface area contributed by atoms with Crippen LogP contribution in [0.25, 0.3) is 0 Å². The lowest BCUT2D eigenvalue weighted by atomic mass is 9.99. The van der Waals surface area contributed by atoms with Crippen LogP contribution in [0.1, 0.15) is 12.5 Å². The Balaban J connectivity index is 2.40. The van der Waals surface area contributed by atoms with Crippen LogP contribution in [0.2, 0.25) is 0 Å². The second-order valence-electron chi connectivity index (χ2n) is 3.79. The van der Waals surface area contributed by atoms with E-state index in [1.165, 1.54) is 6.07 Å². The Kier molecular flexibility index (Phi) is 1.77. The molecule has 2 rings (SSSR count). The number of halogens is 1. The molecule has 0 bridgehead atoms. The Morgan fingerprint density at radius 3 is 3.00 bits per heavy atom. The number of fused-ring (bicyclic) bond motifs is 1. The first-order chi connectivity index (χ1) is 6.14. The van der Waals surface area contributed by atoms with Gasteiger partial charge >= 0.3 is 0 Å². The molecule has 2 nitrogen and oxygen atoms in total. The molecule has 0 fully saturated rings. The maximum absolute atomic E-state index is 13.2. The summed E-state index contributed by atoms with van der Waals surface area (Å²) < 4.78 is 13.2. The molecule has 3 heteroatoms. The van der Waals surface area contributed by atoms with Gasteiger partial charge in [-0.2, -0.15) is 0 Å². The summed E-state index contributed by atoms with van der Waals surface area (Å²) in [5.74, 6) is -0.192. The van der Waals surface area contributed by atoms with Gasteiger partial charge in [-0.05, 0) is 19.1 Å². The van der Waals surface area contributed by atoms with E-state index >= 15 is 0 Å². The van der Waals surface area contributed by atoms with Crippen LogP contribution in [0.4, 0.5) is 10.1 Å².